The van der Waals surface area contributed by atoms with Crippen molar-refractivity contribution in [3.05, 3.63) is 26.6 Å². The zero-order valence-corrected chi connectivity index (χ0v) is 14.8. The van der Waals surface area contributed by atoms with Crippen LogP contribution in [0.2, 0.25) is 0 Å². The van der Waals surface area contributed by atoms with Gasteiger partial charge in [0.1, 0.15) is 10.7 Å². The van der Waals surface area contributed by atoms with Gasteiger partial charge in [-0.05, 0) is 43.7 Å². The first-order chi connectivity index (χ1) is 11.6. The standard InChI is InChI=1S/C17H24N4O2S/c1-10-3-4-11-12(9-10)24-17-15(11)16(23)20-13(21-17)5-6-14(22)19-8-2-7-18/h10H,2-9,18H2,1H3,(H,19,22)(H,20,21,23). The van der Waals surface area contributed by atoms with Crippen LogP contribution in [-0.2, 0) is 24.1 Å². The number of hydrogen-bond acceptors (Lipinski definition) is 5. The predicted octanol–water partition coefficient (Wildman–Crippen LogP) is 1.51. The van der Waals surface area contributed by atoms with E-state index in [2.05, 4.69) is 22.2 Å². The van der Waals surface area contributed by atoms with Crippen LogP contribution in [0.4, 0.5) is 0 Å². The SMILES string of the molecule is CC1CCc2c(sc3nc(CCC(=O)NCCCN)[nH]c(=O)c23)C1. The molecule has 2 aromatic heterocycles. The Morgan fingerprint density at radius 1 is 1.50 bits per heavy atom. The lowest BCUT2D eigenvalue weighted by molar-refractivity contribution is -0.121. The monoisotopic (exact) mass is 348 g/mol. The van der Waals surface area contributed by atoms with E-state index < -0.39 is 0 Å². The number of aryl methyl sites for hydroxylation is 2. The average molecular weight is 348 g/mol. The van der Waals surface area contributed by atoms with Gasteiger partial charge in [-0.15, -0.1) is 11.3 Å². The van der Waals surface area contributed by atoms with Gasteiger partial charge < -0.3 is 16.0 Å². The zero-order chi connectivity index (χ0) is 17.1. The third kappa shape index (κ3) is 3.67. The lowest BCUT2D eigenvalue weighted by atomic mass is 9.89. The summed E-state index contributed by atoms with van der Waals surface area (Å²) >= 11 is 1.64. The number of thiophene rings is 1. The molecule has 1 unspecified atom stereocenters. The molecular weight excluding hydrogens is 324 g/mol. The number of aromatic amines is 1. The van der Waals surface area contributed by atoms with Crippen LogP contribution in [-0.4, -0.2) is 29.0 Å². The highest BCUT2D eigenvalue weighted by Gasteiger charge is 2.23. The molecule has 0 saturated carbocycles. The first kappa shape index (κ1) is 17.1. The summed E-state index contributed by atoms with van der Waals surface area (Å²) < 4.78 is 0. The molecule has 1 aliphatic rings. The summed E-state index contributed by atoms with van der Waals surface area (Å²) in [7, 11) is 0. The molecule has 7 heteroatoms. The fourth-order valence-electron chi connectivity index (χ4n) is 3.16. The molecule has 1 atom stereocenters. The van der Waals surface area contributed by atoms with E-state index in [0.29, 0.717) is 37.7 Å². The number of rotatable bonds is 6. The lowest BCUT2D eigenvalue weighted by Gasteiger charge is -2.17. The number of nitrogens with zero attached hydrogens (tertiary/aromatic N) is 1. The largest absolute Gasteiger partial charge is 0.356 e. The summed E-state index contributed by atoms with van der Waals surface area (Å²) in [5.41, 5.74) is 6.52. The van der Waals surface area contributed by atoms with E-state index in [1.165, 1.54) is 10.4 Å². The van der Waals surface area contributed by atoms with Crippen molar-refractivity contribution in [2.24, 2.45) is 11.7 Å². The van der Waals surface area contributed by atoms with Crippen molar-refractivity contribution in [3.63, 3.8) is 0 Å². The van der Waals surface area contributed by atoms with Crippen molar-refractivity contribution in [1.29, 1.82) is 0 Å². The highest BCUT2D eigenvalue weighted by molar-refractivity contribution is 7.18. The molecular formula is C17H24N4O2S. The molecule has 0 aliphatic heterocycles. The Morgan fingerprint density at radius 3 is 3.12 bits per heavy atom. The fourth-order valence-corrected chi connectivity index (χ4v) is 4.56. The molecule has 2 heterocycles. The van der Waals surface area contributed by atoms with E-state index in [9.17, 15) is 9.59 Å². The number of carbonyl (C=O) groups excluding carboxylic acids is 1. The minimum Gasteiger partial charge on any atom is -0.356 e. The van der Waals surface area contributed by atoms with E-state index in [0.717, 1.165) is 35.9 Å². The minimum absolute atomic E-state index is 0.0366. The summed E-state index contributed by atoms with van der Waals surface area (Å²) in [6.07, 6.45) is 4.66. The van der Waals surface area contributed by atoms with Gasteiger partial charge in [0.05, 0.1) is 5.39 Å². The summed E-state index contributed by atoms with van der Waals surface area (Å²) in [5, 5.41) is 3.58. The number of amides is 1. The van der Waals surface area contributed by atoms with Crippen molar-refractivity contribution in [2.75, 3.05) is 13.1 Å². The van der Waals surface area contributed by atoms with Crippen LogP contribution in [0.1, 0.15) is 42.5 Å². The summed E-state index contributed by atoms with van der Waals surface area (Å²) in [6.45, 7) is 3.40. The molecule has 0 bridgehead atoms. The molecule has 2 aromatic rings. The molecule has 130 valence electrons. The van der Waals surface area contributed by atoms with Crippen molar-refractivity contribution >= 4 is 27.5 Å². The van der Waals surface area contributed by atoms with E-state index >= 15 is 0 Å². The van der Waals surface area contributed by atoms with Gasteiger partial charge in [0.25, 0.3) is 5.56 Å². The molecule has 4 N–H and O–H groups in total. The van der Waals surface area contributed by atoms with Gasteiger partial charge in [-0.1, -0.05) is 6.92 Å². The maximum Gasteiger partial charge on any atom is 0.259 e. The third-order valence-electron chi connectivity index (χ3n) is 4.51. The van der Waals surface area contributed by atoms with Crippen LogP contribution in [0.3, 0.4) is 0 Å². The quantitative estimate of drug-likeness (QED) is 0.689. The van der Waals surface area contributed by atoms with Crippen LogP contribution in [0.5, 0.6) is 0 Å². The number of nitrogens with one attached hydrogen (secondary N) is 2. The molecule has 3 rings (SSSR count). The maximum absolute atomic E-state index is 12.5. The van der Waals surface area contributed by atoms with Crippen molar-refractivity contribution in [3.8, 4) is 0 Å². The summed E-state index contributed by atoms with van der Waals surface area (Å²) in [6, 6.07) is 0. The third-order valence-corrected chi connectivity index (χ3v) is 5.65. The van der Waals surface area contributed by atoms with Crippen LogP contribution < -0.4 is 16.6 Å². The Hall–Kier alpha value is -1.73. The topological polar surface area (TPSA) is 101 Å². The smallest absolute Gasteiger partial charge is 0.259 e. The van der Waals surface area contributed by atoms with E-state index in [1.807, 2.05) is 0 Å². The highest BCUT2D eigenvalue weighted by Crippen LogP contribution is 2.35. The van der Waals surface area contributed by atoms with E-state index in [4.69, 9.17) is 5.73 Å². The van der Waals surface area contributed by atoms with Crippen LogP contribution in [0, 0.1) is 5.92 Å². The van der Waals surface area contributed by atoms with Gasteiger partial charge >= 0.3 is 0 Å². The molecule has 0 aromatic carbocycles. The first-order valence-corrected chi connectivity index (χ1v) is 9.40. The van der Waals surface area contributed by atoms with Crippen molar-refractivity contribution < 1.29 is 4.79 Å². The molecule has 0 fully saturated rings. The number of aromatic nitrogens is 2. The molecule has 0 saturated heterocycles. The molecule has 0 spiro atoms. The molecule has 6 nitrogen and oxygen atoms in total. The Balaban J connectivity index is 1.74. The molecule has 24 heavy (non-hydrogen) atoms. The fraction of sp³-hybridized carbons (Fsp3) is 0.588. The Labute approximate surface area is 144 Å². The second kappa shape index (κ2) is 7.44. The molecule has 1 amide bonds. The maximum atomic E-state index is 12.5. The van der Waals surface area contributed by atoms with Gasteiger partial charge in [-0.25, -0.2) is 4.98 Å². The van der Waals surface area contributed by atoms with Crippen LogP contribution in [0.25, 0.3) is 10.2 Å². The summed E-state index contributed by atoms with van der Waals surface area (Å²) in [5.74, 6) is 1.22. The first-order valence-electron chi connectivity index (χ1n) is 8.58. The van der Waals surface area contributed by atoms with Gasteiger partial charge in [-0.3, -0.25) is 9.59 Å². The Morgan fingerprint density at radius 2 is 2.33 bits per heavy atom. The highest BCUT2D eigenvalue weighted by atomic mass is 32.1. The number of H-pyrrole nitrogens is 1. The Kier molecular flexibility index (Phi) is 5.30. The predicted molar refractivity (Wildman–Crippen MR) is 96.4 cm³/mol. The number of carbonyl (C=O) groups is 1. The average Bonchev–Trinajstić information content (AvgIpc) is 2.90. The van der Waals surface area contributed by atoms with Crippen molar-refractivity contribution in [1.82, 2.24) is 15.3 Å². The Bertz CT molecular complexity index is 796. The van der Waals surface area contributed by atoms with Crippen LogP contribution >= 0.6 is 11.3 Å². The minimum atomic E-state index is -0.0643. The molecule has 1 aliphatic carbocycles. The lowest BCUT2D eigenvalue weighted by Crippen LogP contribution is -2.26. The van der Waals surface area contributed by atoms with Gasteiger partial charge in [0.2, 0.25) is 5.91 Å². The second-order valence-electron chi connectivity index (χ2n) is 6.54. The molecule has 0 radical (unpaired) electrons. The van der Waals surface area contributed by atoms with Crippen molar-refractivity contribution in [2.45, 2.75) is 45.4 Å². The summed E-state index contributed by atoms with van der Waals surface area (Å²) in [4.78, 5) is 33.8. The van der Waals surface area contributed by atoms with Gasteiger partial charge in [-0.2, -0.15) is 0 Å². The number of fused-ring (bicyclic) bond motifs is 3. The normalized spacial score (nSPS) is 17.0. The van der Waals surface area contributed by atoms with Crippen LogP contribution in [0.15, 0.2) is 4.79 Å². The number of nitrogens with two attached hydrogens (primary N) is 1. The van der Waals surface area contributed by atoms with E-state index in [-0.39, 0.29) is 11.5 Å². The second-order valence-corrected chi connectivity index (χ2v) is 7.62. The number of hydrogen-bond donors (Lipinski definition) is 3. The van der Waals surface area contributed by atoms with Gasteiger partial charge in [0, 0.05) is 24.3 Å². The zero-order valence-electron chi connectivity index (χ0n) is 14.0. The van der Waals surface area contributed by atoms with E-state index in [1.54, 1.807) is 11.3 Å². The van der Waals surface area contributed by atoms with Gasteiger partial charge in [0.15, 0.2) is 0 Å².